The van der Waals surface area contributed by atoms with Crippen molar-refractivity contribution in [3.05, 3.63) is 71.8 Å². The van der Waals surface area contributed by atoms with Crippen molar-refractivity contribution < 1.29 is 53.7 Å². The molecule has 17 nitrogen and oxygen atoms in total. The van der Waals surface area contributed by atoms with Crippen LogP contribution < -0.4 is 32.3 Å². The summed E-state index contributed by atoms with van der Waals surface area (Å²) in [6, 6.07) is 11.9. The van der Waals surface area contributed by atoms with E-state index in [2.05, 4.69) is 21.3 Å². The number of nitrogens with two attached hydrogens (primary N) is 1. The van der Waals surface area contributed by atoms with E-state index in [4.69, 9.17) is 10.8 Å². The third kappa shape index (κ3) is 17.9. The van der Waals surface area contributed by atoms with Gasteiger partial charge in [0.15, 0.2) is 0 Å². The van der Waals surface area contributed by atoms with Crippen LogP contribution in [0.1, 0.15) is 83.8 Å². The molecule has 0 radical (unpaired) electrons. The Bertz CT molecular complexity index is 1680. The zero-order valence-electron chi connectivity index (χ0n) is 32.1. The number of aliphatic carboxylic acids is 3. The molecule has 6 amide bonds. The summed E-state index contributed by atoms with van der Waals surface area (Å²) in [5, 5.41) is 40.1. The van der Waals surface area contributed by atoms with Gasteiger partial charge in [-0.2, -0.15) is 0 Å². The van der Waals surface area contributed by atoms with Gasteiger partial charge in [-0.05, 0) is 56.1 Å². The predicted octanol–water partition coefficient (Wildman–Crippen LogP) is 1.87. The lowest BCUT2D eigenvalue weighted by Crippen LogP contribution is -2.54. The van der Waals surface area contributed by atoms with Crippen LogP contribution in [0.25, 0.3) is 0 Å². The van der Waals surface area contributed by atoms with Gasteiger partial charge in [0.25, 0.3) is 0 Å². The lowest BCUT2D eigenvalue weighted by molar-refractivity contribution is -0.141. The van der Waals surface area contributed by atoms with E-state index < -0.39 is 95.5 Å². The molecule has 17 heteroatoms. The van der Waals surface area contributed by atoms with Crippen molar-refractivity contribution >= 4 is 47.6 Å². The van der Waals surface area contributed by atoms with E-state index in [0.29, 0.717) is 12.8 Å². The number of hydrogen-bond acceptors (Lipinski definition) is 8. The van der Waals surface area contributed by atoms with Crippen molar-refractivity contribution in [3.8, 4) is 0 Å². The third-order valence-corrected chi connectivity index (χ3v) is 8.93. The second kappa shape index (κ2) is 21.8. The molecule has 0 spiro atoms. The number of amides is 6. The molecule has 0 heterocycles. The molecule has 4 atom stereocenters. The zero-order valence-corrected chi connectivity index (χ0v) is 32.1. The molecule has 0 aromatic heterocycles. The van der Waals surface area contributed by atoms with E-state index in [-0.39, 0.29) is 32.1 Å². The lowest BCUT2D eigenvalue weighted by atomic mass is 9.80. The Balaban J connectivity index is 1.97. The Labute approximate surface area is 325 Å². The molecule has 2 aromatic rings. The molecule has 0 fully saturated rings. The van der Waals surface area contributed by atoms with Gasteiger partial charge in [-0.25, -0.2) is 14.4 Å². The molecule has 2 rings (SSSR count). The first-order chi connectivity index (χ1) is 26.2. The SMILES string of the molecule is CC(C)(CCC(C)(C)NC(=O)CC[C@H](NC(=O)N[C@@H](CCC(=O)O)C(=O)O)C(=O)O)CC(=O)N[C@@H](Cc1ccccc1)C(=O)N[C@@H](Cc1ccccc1)C(N)=O. The number of nitrogens with one attached hydrogen (secondary N) is 5. The quantitative estimate of drug-likeness (QED) is 0.0741. The zero-order chi connectivity index (χ0) is 42.1. The van der Waals surface area contributed by atoms with Crippen LogP contribution in [0.15, 0.2) is 60.7 Å². The normalized spacial score (nSPS) is 13.5. The summed E-state index contributed by atoms with van der Waals surface area (Å²) < 4.78 is 0. The number of urea groups is 1. The highest BCUT2D eigenvalue weighted by Crippen LogP contribution is 2.30. The minimum atomic E-state index is -1.57. The first-order valence-corrected chi connectivity index (χ1v) is 18.2. The average molecular weight is 783 g/mol. The highest BCUT2D eigenvalue weighted by molar-refractivity contribution is 5.92. The monoisotopic (exact) mass is 782 g/mol. The van der Waals surface area contributed by atoms with Crippen molar-refractivity contribution in [2.45, 2.75) is 115 Å². The number of rotatable bonds is 24. The van der Waals surface area contributed by atoms with Gasteiger partial charge < -0.3 is 47.6 Å². The van der Waals surface area contributed by atoms with E-state index in [9.17, 15) is 48.6 Å². The minimum absolute atomic E-state index is 0.0198. The Morgan fingerprint density at radius 1 is 0.607 bits per heavy atom. The van der Waals surface area contributed by atoms with Crippen molar-refractivity contribution in [2.75, 3.05) is 0 Å². The third-order valence-electron chi connectivity index (χ3n) is 8.93. The molecule has 0 aliphatic rings. The van der Waals surface area contributed by atoms with Crippen LogP contribution in [0.3, 0.4) is 0 Å². The van der Waals surface area contributed by atoms with Crippen molar-refractivity contribution in [3.63, 3.8) is 0 Å². The van der Waals surface area contributed by atoms with Crippen molar-refractivity contribution in [2.24, 2.45) is 11.1 Å². The maximum absolute atomic E-state index is 13.5. The number of benzene rings is 2. The molecule has 0 aliphatic carbocycles. The minimum Gasteiger partial charge on any atom is -0.481 e. The summed E-state index contributed by atoms with van der Waals surface area (Å²) >= 11 is 0. The molecule has 306 valence electrons. The van der Waals surface area contributed by atoms with Gasteiger partial charge >= 0.3 is 23.9 Å². The van der Waals surface area contributed by atoms with Gasteiger partial charge in [-0.3, -0.25) is 24.0 Å². The van der Waals surface area contributed by atoms with Crippen LogP contribution in [0.5, 0.6) is 0 Å². The molecule has 0 unspecified atom stereocenters. The molecular weight excluding hydrogens is 728 g/mol. The molecule has 0 aliphatic heterocycles. The maximum atomic E-state index is 13.5. The smallest absolute Gasteiger partial charge is 0.326 e. The van der Waals surface area contributed by atoms with Gasteiger partial charge in [0.1, 0.15) is 24.2 Å². The number of carbonyl (C=O) groups excluding carboxylic acids is 5. The first-order valence-electron chi connectivity index (χ1n) is 18.2. The fraction of sp³-hybridized carbons (Fsp3) is 0.487. The van der Waals surface area contributed by atoms with Crippen LogP contribution in [0, 0.1) is 5.41 Å². The molecule has 0 bridgehead atoms. The summed E-state index contributed by atoms with van der Waals surface area (Å²) in [5.41, 5.74) is 5.81. The van der Waals surface area contributed by atoms with Gasteiger partial charge in [0, 0.05) is 37.6 Å². The molecule has 0 saturated carbocycles. The fourth-order valence-corrected chi connectivity index (χ4v) is 5.74. The van der Waals surface area contributed by atoms with Gasteiger partial charge in [0.2, 0.25) is 23.6 Å². The van der Waals surface area contributed by atoms with Crippen LogP contribution in [-0.2, 0) is 46.4 Å². The fourth-order valence-electron chi connectivity index (χ4n) is 5.74. The second-order valence-corrected chi connectivity index (χ2v) is 15.1. The number of carboxylic acid groups (broad SMARTS) is 3. The van der Waals surface area contributed by atoms with E-state index in [1.165, 1.54) is 0 Å². The van der Waals surface area contributed by atoms with Gasteiger partial charge in [0.05, 0.1) is 0 Å². The predicted molar refractivity (Wildman–Crippen MR) is 204 cm³/mol. The average Bonchev–Trinajstić information content (AvgIpc) is 3.10. The summed E-state index contributed by atoms with van der Waals surface area (Å²) in [7, 11) is 0. The summed E-state index contributed by atoms with van der Waals surface area (Å²) in [6.45, 7) is 7.25. The van der Waals surface area contributed by atoms with Gasteiger partial charge in [-0.15, -0.1) is 0 Å². The number of carbonyl (C=O) groups is 8. The Kier molecular flexibility index (Phi) is 17.9. The van der Waals surface area contributed by atoms with E-state index >= 15 is 0 Å². The topological polar surface area (TPSA) is 283 Å². The largest absolute Gasteiger partial charge is 0.481 e. The highest BCUT2D eigenvalue weighted by atomic mass is 16.4. The van der Waals surface area contributed by atoms with Crippen LogP contribution >= 0.6 is 0 Å². The number of hydrogen-bond donors (Lipinski definition) is 9. The lowest BCUT2D eigenvalue weighted by Gasteiger charge is -2.32. The number of primary amides is 1. The molecule has 0 saturated heterocycles. The van der Waals surface area contributed by atoms with Gasteiger partial charge in [-0.1, -0.05) is 74.5 Å². The Morgan fingerprint density at radius 2 is 1.09 bits per heavy atom. The molecular formula is C39H54N6O11. The molecule has 56 heavy (non-hydrogen) atoms. The summed E-state index contributed by atoms with van der Waals surface area (Å²) in [4.78, 5) is 98.3. The highest BCUT2D eigenvalue weighted by Gasteiger charge is 2.32. The summed E-state index contributed by atoms with van der Waals surface area (Å²) in [5.74, 6) is -6.43. The standard InChI is InChI=1S/C39H54N6O11/c1-38(2,19-20-39(3,4)45-30(46)17-15-26(35(52)53)43-37(56)44-27(36(54)55)16-18-32(48)49)23-31(47)41-29(22-25-13-9-6-10-14-25)34(51)42-28(33(40)50)21-24-11-7-5-8-12-24/h5-14,26-29H,15-23H2,1-4H3,(H2,40,50)(H,41,47)(H,42,51)(H,45,46)(H,48,49)(H,52,53)(H,54,55)(H2,43,44,56)/t26-,27-,28-,29-/m0/s1. The Hall–Kier alpha value is -6.00. The molecule has 2 aromatic carbocycles. The van der Waals surface area contributed by atoms with Crippen molar-refractivity contribution in [1.29, 1.82) is 0 Å². The van der Waals surface area contributed by atoms with E-state index in [1.54, 1.807) is 13.8 Å². The Morgan fingerprint density at radius 3 is 1.55 bits per heavy atom. The van der Waals surface area contributed by atoms with Crippen LogP contribution in [-0.4, -0.2) is 92.6 Å². The van der Waals surface area contributed by atoms with Crippen LogP contribution in [0.2, 0.25) is 0 Å². The maximum Gasteiger partial charge on any atom is 0.326 e. The van der Waals surface area contributed by atoms with E-state index in [0.717, 1.165) is 11.1 Å². The summed E-state index contributed by atoms with van der Waals surface area (Å²) in [6.07, 6.45) is -0.376. The molecule has 10 N–H and O–H groups in total. The second-order valence-electron chi connectivity index (χ2n) is 15.1. The van der Waals surface area contributed by atoms with Crippen LogP contribution in [0.4, 0.5) is 4.79 Å². The van der Waals surface area contributed by atoms with Crippen molar-refractivity contribution in [1.82, 2.24) is 26.6 Å². The van der Waals surface area contributed by atoms with E-state index in [1.807, 2.05) is 79.8 Å². The number of carboxylic acids is 3. The first kappa shape index (κ1) is 46.2.